The van der Waals surface area contributed by atoms with Crippen molar-refractivity contribution in [1.29, 1.82) is 0 Å². The third-order valence-corrected chi connectivity index (χ3v) is 4.45. The van der Waals surface area contributed by atoms with Gasteiger partial charge in [0.05, 0.1) is 7.11 Å². The summed E-state index contributed by atoms with van der Waals surface area (Å²) >= 11 is 0. The highest BCUT2D eigenvalue weighted by Gasteiger charge is 2.59. The molecule has 0 N–H and O–H groups in total. The summed E-state index contributed by atoms with van der Waals surface area (Å²) in [6.45, 7) is 5.75. The zero-order chi connectivity index (χ0) is 17.0. The van der Waals surface area contributed by atoms with Crippen LogP contribution in [0.5, 0.6) is 5.75 Å². The van der Waals surface area contributed by atoms with Crippen molar-refractivity contribution in [2.24, 2.45) is 0 Å². The summed E-state index contributed by atoms with van der Waals surface area (Å²) in [5.74, 6) is 0.616. The van der Waals surface area contributed by atoms with E-state index < -0.39 is 23.5 Å². The van der Waals surface area contributed by atoms with Gasteiger partial charge in [-0.05, 0) is 39.0 Å². The van der Waals surface area contributed by atoms with E-state index in [-0.39, 0.29) is 6.42 Å². The molecule has 0 saturated carbocycles. The highest BCUT2D eigenvalue weighted by Crippen LogP contribution is 2.53. The number of likely N-dealkylation sites (tertiary alicyclic amines) is 1. The topological polar surface area (TPSA) is 42.0 Å². The Kier molecular flexibility index (Phi) is 3.46. The van der Waals surface area contributed by atoms with Gasteiger partial charge in [-0.2, -0.15) is 0 Å². The number of halogens is 1. The SMILES string of the molecule is COc1ccc2c(c1)[C@]1(F)CCN(C(=O)OC(C)(C)C)[C@@H]1N2C. The summed E-state index contributed by atoms with van der Waals surface area (Å²) in [5, 5.41) is 0. The Bertz CT molecular complexity index is 643. The molecular formula is C17H23FN2O3. The molecule has 0 unspecified atom stereocenters. The lowest BCUT2D eigenvalue weighted by Gasteiger charge is -2.33. The molecule has 1 aromatic carbocycles. The standard InChI is InChI=1S/C17H23FN2O3/c1-16(2,3)23-15(21)20-9-8-17(18)12-10-11(22-5)6-7-13(12)19(4)14(17)20/h6-7,10,14H,8-9H2,1-5H3/t14-,17+/m0/s1. The van der Waals surface area contributed by atoms with Crippen molar-refractivity contribution >= 4 is 11.8 Å². The van der Waals surface area contributed by atoms with Crippen LogP contribution in [-0.4, -0.2) is 43.5 Å². The fraction of sp³-hybridized carbons (Fsp3) is 0.588. The van der Waals surface area contributed by atoms with E-state index in [9.17, 15) is 4.79 Å². The van der Waals surface area contributed by atoms with Gasteiger partial charge in [-0.3, -0.25) is 4.90 Å². The second-order valence-corrected chi connectivity index (χ2v) is 7.15. The number of benzene rings is 1. The van der Waals surface area contributed by atoms with Gasteiger partial charge < -0.3 is 14.4 Å². The second kappa shape index (κ2) is 5.01. The predicted molar refractivity (Wildman–Crippen MR) is 85.5 cm³/mol. The van der Waals surface area contributed by atoms with Gasteiger partial charge in [0.1, 0.15) is 17.5 Å². The minimum Gasteiger partial charge on any atom is -0.497 e. The average Bonchev–Trinajstić information content (AvgIpc) is 2.91. The minimum absolute atomic E-state index is 0.251. The molecule has 5 nitrogen and oxygen atoms in total. The van der Waals surface area contributed by atoms with Crippen LogP contribution in [0.25, 0.3) is 0 Å². The highest BCUT2D eigenvalue weighted by molar-refractivity contribution is 5.74. The molecular weight excluding hydrogens is 299 g/mol. The lowest BCUT2D eigenvalue weighted by molar-refractivity contribution is 0.0139. The van der Waals surface area contributed by atoms with E-state index in [1.807, 2.05) is 31.7 Å². The van der Waals surface area contributed by atoms with Crippen molar-refractivity contribution in [3.05, 3.63) is 23.8 Å². The molecule has 1 aromatic rings. The first-order valence-corrected chi connectivity index (χ1v) is 7.77. The third-order valence-electron chi connectivity index (χ3n) is 4.45. The number of nitrogens with zero attached hydrogens (tertiary/aromatic N) is 2. The number of likely N-dealkylation sites (N-methyl/N-ethyl adjacent to an activating group) is 1. The van der Waals surface area contributed by atoms with Crippen molar-refractivity contribution in [2.45, 2.75) is 44.6 Å². The Morgan fingerprint density at radius 1 is 1.39 bits per heavy atom. The fourth-order valence-corrected chi connectivity index (χ4v) is 3.50. The molecule has 1 amide bonds. The fourth-order valence-electron chi connectivity index (χ4n) is 3.50. The summed E-state index contributed by atoms with van der Waals surface area (Å²) in [5.41, 5.74) is -0.844. The molecule has 1 fully saturated rings. The Morgan fingerprint density at radius 2 is 2.09 bits per heavy atom. The highest BCUT2D eigenvalue weighted by atomic mass is 19.1. The minimum atomic E-state index is -1.60. The molecule has 6 heteroatoms. The molecule has 0 bridgehead atoms. The van der Waals surface area contributed by atoms with Crippen LogP contribution in [0.3, 0.4) is 0 Å². The van der Waals surface area contributed by atoms with Crippen molar-refractivity contribution in [2.75, 3.05) is 25.6 Å². The lowest BCUT2D eigenvalue weighted by Crippen LogP contribution is -2.50. The van der Waals surface area contributed by atoms with Crippen LogP contribution < -0.4 is 9.64 Å². The first-order valence-electron chi connectivity index (χ1n) is 7.77. The van der Waals surface area contributed by atoms with E-state index in [2.05, 4.69) is 0 Å². The van der Waals surface area contributed by atoms with E-state index in [0.29, 0.717) is 17.9 Å². The largest absolute Gasteiger partial charge is 0.497 e. The van der Waals surface area contributed by atoms with E-state index in [1.165, 1.54) is 4.90 Å². The molecule has 2 atom stereocenters. The number of ether oxygens (including phenoxy) is 2. The molecule has 2 heterocycles. The summed E-state index contributed by atoms with van der Waals surface area (Å²) < 4.78 is 26.4. The average molecular weight is 322 g/mol. The first-order chi connectivity index (χ1) is 10.7. The normalized spacial score (nSPS) is 26.1. The lowest BCUT2D eigenvalue weighted by atomic mass is 9.95. The Labute approximate surface area is 136 Å². The Balaban J connectivity index is 1.95. The van der Waals surface area contributed by atoms with Gasteiger partial charge in [0.15, 0.2) is 5.67 Å². The van der Waals surface area contributed by atoms with Crippen molar-refractivity contribution in [1.82, 2.24) is 4.90 Å². The molecule has 1 saturated heterocycles. The molecule has 0 spiro atoms. The van der Waals surface area contributed by atoms with Crippen LogP contribution in [0, 0.1) is 0 Å². The molecule has 3 rings (SSSR count). The number of amides is 1. The van der Waals surface area contributed by atoms with Gasteiger partial charge in [-0.1, -0.05) is 0 Å². The van der Waals surface area contributed by atoms with Crippen LogP contribution in [0.1, 0.15) is 32.8 Å². The number of fused-ring (bicyclic) bond motifs is 3. The van der Waals surface area contributed by atoms with Crippen molar-refractivity contribution in [3.8, 4) is 5.75 Å². The van der Waals surface area contributed by atoms with Gasteiger partial charge in [-0.15, -0.1) is 0 Å². The maximum Gasteiger partial charge on any atom is 0.412 e. The van der Waals surface area contributed by atoms with Gasteiger partial charge >= 0.3 is 6.09 Å². The molecule has 0 aromatic heterocycles. The summed E-state index contributed by atoms with van der Waals surface area (Å²) in [7, 11) is 3.37. The maximum atomic E-state index is 15.8. The van der Waals surface area contributed by atoms with Crippen LogP contribution in [0.15, 0.2) is 18.2 Å². The smallest absolute Gasteiger partial charge is 0.412 e. The van der Waals surface area contributed by atoms with E-state index in [0.717, 1.165) is 5.69 Å². The monoisotopic (exact) mass is 322 g/mol. The van der Waals surface area contributed by atoms with E-state index >= 15 is 4.39 Å². The summed E-state index contributed by atoms with van der Waals surface area (Å²) in [6.07, 6.45) is -0.908. The van der Waals surface area contributed by atoms with Gasteiger partial charge in [0.25, 0.3) is 0 Å². The van der Waals surface area contributed by atoms with Crippen LogP contribution in [0.2, 0.25) is 0 Å². The van der Waals surface area contributed by atoms with Crippen molar-refractivity contribution < 1.29 is 18.7 Å². The zero-order valence-electron chi connectivity index (χ0n) is 14.2. The Hall–Kier alpha value is -1.98. The predicted octanol–water partition coefficient (Wildman–Crippen LogP) is 3.28. The number of carbonyl (C=O) groups excluding carboxylic acids is 1. The van der Waals surface area contributed by atoms with Gasteiger partial charge in [0.2, 0.25) is 0 Å². The maximum absolute atomic E-state index is 15.8. The number of carbonyl (C=O) groups is 1. The number of anilines is 1. The van der Waals surface area contributed by atoms with Crippen LogP contribution in [0.4, 0.5) is 14.9 Å². The molecule has 23 heavy (non-hydrogen) atoms. The molecule has 126 valence electrons. The summed E-state index contributed by atoms with van der Waals surface area (Å²) in [6, 6.07) is 5.36. The van der Waals surface area contributed by atoms with E-state index in [4.69, 9.17) is 9.47 Å². The summed E-state index contributed by atoms with van der Waals surface area (Å²) in [4.78, 5) is 15.7. The quantitative estimate of drug-likeness (QED) is 0.796. The number of alkyl halides is 1. The van der Waals surface area contributed by atoms with Crippen LogP contribution in [-0.2, 0) is 10.4 Å². The number of hydrogen-bond acceptors (Lipinski definition) is 4. The number of rotatable bonds is 1. The number of hydrogen-bond donors (Lipinski definition) is 0. The van der Waals surface area contributed by atoms with Crippen molar-refractivity contribution in [3.63, 3.8) is 0 Å². The molecule has 0 aliphatic carbocycles. The molecule has 0 radical (unpaired) electrons. The van der Waals surface area contributed by atoms with Crippen LogP contribution >= 0.6 is 0 Å². The van der Waals surface area contributed by atoms with Gasteiger partial charge in [-0.25, -0.2) is 9.18 Å². The first kappa shape index (κ1) is 15.9. The Morgan fingerprint density at radius 3 is 2.70 bits per heavy atom. The molecule has 2 aliphatic rings. The zero-order valence-corrected chi connectivity index (χ0v) is 14.2. The third kappa shape index (κ3) is 2.40. The second-order valence-electron chi connectivity index (χ2n) is 7.15. The van der Waals surface area contributed by atoms with Gasteiger partial charge in [0, 0.05) is 31.3 Å². The number of methoxy groups -OCH3 is 1. The molecule has 2 aliphatic heterocycles. The van der Waals surface area contributed by atoms with E-state index in [1.54, 1.807) is 26.3 Å².